The van der Waals surface area contributed by atoms with Gasteiger partial charge >= 0.3 is 15.4 Å². The average molecular weight is 261 g/mol. The third-order valence-corrected chi connectivity index (χ3v) is 5.48. The van der Waals surface area contributed by atoms with E-state index in [2.05, 4.69) is 19.2 Å². The quantitative estimate of drug-likeness (QED) is 0.703. The summed E-state index contributed by atoms with van der Waals surface area (Å²) >= 11 is 0. The maximum absolute atomic E-state index is 11.2. The lowest BCUT2D eigenvalue weighted by Gasteiger charge is -2.62. The topological polar surface area (TPSA) is 83.5 Å². The van der Waals surface area contributed by atoms with Crippen LogP contribution < -0.4 is 5.32 Å². The first-order valence-electron chi connectivity index (χ1n) is 5.92. The van der Waals surface area contributed by atoms with E-state index in [4.69, 9.17) is 4.55 Å². The van der Waals surface area contributed by atoms with Gasteiger partial charge in [-0.05, 0) is 36.0 Å². The van der Waals surface area contributed by atoms with E-state index >= 15 is 0 Å². The van der Waals surface area contributed by atoms with E-state index in [9.17, 15) is 13.2 Å². The van der Waals surface area contributed by atoms with E-state index in [1.165, 1.54) is 0 Å². The smallest absolute Gasteiger partial charge is 0.338 e. The van der Waals surface area contributed by atoms with Crippen molar-refractivity contribution in [3.05, 3.63) is 0 Å². The lowest BCUT2D eigenvalue weighted by molar-refractivity contribution is -0.112. The number of carbonyl (C=O) groups is 1. The third-order valence-electron chi connectivity index (χ3n) is 4.89. The maximum Gasteiger partial charge on any atom is 0.363 e. The highest BCUT2D eigenvalue weighted by Crippen LogP contribution is 2.61. The SMILES string of the molecule is CC1C(NC(=O)S(=O)(=O)O)CC2CC1C2(C)C. The van der Waals surface area contributed by atoms with Gasteiger partial charge in [0.25, 0.3) is 0 Å². The molecule has 4 atom stereocenters. The number of carbonyl (C=O) groups excluding carboxylic acids is 1. The normalized spacial score (nSPS) is 39.3. The molecule has 3 rings (SSSR count). The Labute approximate surface area is 102 Å². The molecule has 0 aliphatic heterocycles. The van der Waals surface area contributed by atoms with Gasteiger partial charge in [-0.3, -0.25) is 9.35 Å². The summed E-state index contributed by atoms with van der Waals surface area (Å²) in [6.45, 7) is 6.49. The van der Waals surface area contributed by atoms with Crippen LogP contribution in [-0.4, -0.2) is 24.3 Å². The van der Waals surface area contributed by atoms with E-state index in [1.807, 2.05) is 6.92 Å². The molecule has 4 unspecified atom stereocenters. The van der Waals surface area contributed by atoms with Crippen LogP contribution in [0, 0.1) is 23.2 Å². The van der Waals surface area contributed by atoms with Gasteiger partial charge in [0, 0.05) is 6.04 Å². The number of nitrogens with one attached hydrogen (secondary N) is 1. The Morgan fingerprint density at radius 3 is 2.35 bits per heavy atom. The average Bonchev–Trinajstić information content (AvgIpc) is 2.18. The highest BCUT2D eigenvalue weighted by molar-refractivity contribution is 8.01. The molecule has 0 radical (unpaired) electrons. The molecule has 0 spiro atoms. The Balaban J connectivity index is 2.05. The molecule has 3 saturated carbocycles. The summed E-state index contributed by atoms with van der Waals surface area (Å²) < 4.78 is 30.0. The summed E-state index contributed by atoms with van der Waals surface area (Å²) in [6.07, 6.45) is 1.96. The van der Waals surface area contributed by atoms with E-state index in [-0.39, 0.29) is 12.0 Å². The molecule has 2 N–H and O–H groups in total. The number of rotatable bonds is 1. The minimum absolute atomic E-state index is 0.138. The zero-order chi connectivity index (χ0) is 13.0. The van der Waals surface area contributed by atoms with Crippen LogP contribution in [0.4, 0.5) is 4.79 Å². The standard InChI is InChI=1S/C11H19NO4S/c1-6-8-4-7(11(8,2)3)5-9(6)12-10(13)17(14,15)16/h6-9H,4-5H2,1-3H3,(H,12,13)(H,14,15,16). The van der Waals surface area contributed by atoms with E-state index < -0.39 is 15.4 Å². The summed E-state index contributed by atoms with van der Waals surface area (Å²) in [7, 11) is -4.61. The Morgan fingerprint density at radius 1 is 1.35 bits per heavy atom. The molecular formula is C11H19NO4S. The minimum atomic E-state index is -4.61. The van der Waals surface area contributed by atoms with Crippen LogP contribution in [0.3, 0.4) is 0 Å². The van der Waals surface area contributed by atoms with Gasteiger partial charge in [-0.1, -0.05) is 20.8 Å². The molecule has 1 amide bonds. The first kappa shape index (κ1) is 12.8. The molecule has 3 aliphatic carbocycles. The van der Waals surface area contributed by atoms with E-state index in [0.29, 0.717) is 17.3 Å². The lowest BCUT2D eigenvalue weighted by Crippen LogP contribution is -2.61. The Bertz CT molecular complexity index is 442. The predicted octanol–water partition coefficient (Wildman–Crippen LogP) is 1.65. The van der Waals surface area contributed by atoms with Crippen LogP contribution in [-0.2, 0) is 10.1 Å². The van der Waals surface area contributed by atoms with Crippen molar-refractivity contribution in [3.8, 4) is 0 Å². The van der Waals surface area contributed by atoms with Gasteiger partial charge in [0.1, 0.15) is 0 Å². The molecular weight excluding hydrogens is 242 g/mol. The van der Waals surface area contributed by atoms with Crippen molar-refractivity contribution in [2.75, 3.05) is 0 Å². The summed E-state index contributed by atoms with van der Waals surface area (Å²) in [4.78, 5) is 11.2. The van der Waals surface area contributed by atoms with Crippen LogP contribution in [0.5, 0.6) is 0 Å². The summed E-state index contributed by atoms with van der Waals surface area (Å²) in [5.41, 5.74) is 0.290. The van der Waals surface area contributed by atoms with Gasteiger partial charge in [-0.25, -0.2) is 0 Å². The molecule has 98 valence electrons. The molecule has 0 heterocycles. The molecule has 0 saturated heterocycles. The van der Waals surface area contributed by atoms with E-state index in [0.717, 1.165) is 12.8 Å². The Kier molecular flexibility index (Phi) is 2.78. The van der Waals surface area contributed by atoms with E-state index in [1.54, 1.807) is 0 Å². The van der Waals surface area contributed by atoms with Gasteiger partial charge in [0.2, 0.25) is 0 Å². The fraction of sp³-hybridized carbons (Fsp3) is 0.909. The lowest BCUT2D eigenvalue weighted by atomic mass is 9.45. The molecule has 0 aromatic carbocycles. The van der Waals surface area contributed by atoms with Crippen molar-refractivity contribution in [1.29, 1.82) is 0 Å². The molecule has 5 nitrogen and oxygen atoms in total. The maximum atomic E-state index is 11.2. The van der Waals surface area contributed by atoms with Crippen molar-refractivity contribution in [2.45, 2.75) is 39.7 Å². The molecule has 17 heavy (non-hydrogen) atoms. The van der Waals surface area contributed by atoms with Crippen LogP contribution >= 0.6 is 0 Å². The van der Waals surface area contributed by atoms with Crippen molar-refractivity contribution in [1.82, 2.24) is 5.32 Å². The zero-order valence-corrected chi connectivity index (χ0v) is 11.1. The fourth-order valence-electron chi connectivity index (χ4n) is 3.57. The zero-order valence-electron chi connectivity index (χ0n) is 10.3. The molecule has 3 aliphatic rings. The highest BCUT2D eigenvalue weighted by Gasteiger charge is 2.56. The van der Waals surface area contributed by atoms with Crippen LogP contribution in [0.2, 0.25) is 0 Å². The number of amides is 1. The van der Waals surface area contributed by atoms with Crippen molar-refractivity contribution < 1.29 is 17.8 Å². The first-order valence-corrected chi connectivity index (χ1v) is 7.36. The first-order chi connectivity index (χ1) is 7.64. The van der Waals surface area contributed by atoms with Gasteiger partial charge in [-0.15, -0.1) is 0 Å². The van der Waals surface area contributed by atoms with Gasteiger partial charge in [0.15, 0.2) is 0 Å². The van der Waals surface area contributed by atoms with Crippen LogP contribution in [0.1, 0.15) is 33.6 Å². The second kappa shape index (κ2) is 3.68. The monoisotopic (exact) mass is 261 g/mol. The largest absolute Gasteiger partial charge is 0.363 e. The summed E-state index contributed by atoms with van der Waals surface area (Å²) in [6, 6.07) is -0.138. The summed E-state index contributed by atoms with van der Waals surface area (Å²) in [5, 5.41) is 1.16. The van der Waals surface area contributed by atoms with Crippen LogP contribution in [0.15, 0.2) is 0 Å². The predicted molar refractivity (Wildman–Crippen MR) is 63.0 cm³/mol. The third kappa shape index (κ3) is 1.97. The molecule has 2 bridgehead atoms. The second-order valence-electron chi connectivity index (χ2n) is 5.97. The minimum Gasteiger partial charge on any atom is -0.338 e. The van der Waals surface area contributed by atoms with Crippen molar-refractivity contribution in [2.24, 2.45) is 23.2 Å². The fourth-order valence-corrected chi connectivity index (χ4v) is 3.87. The van der Waals surface area contributed by atoms with Crippen molar-refractivity contribution >= 4 is 15.4 Å². The Morgan fingerprint density at radius 2 is 1.94 bits per heavy atom. The number of fused-ring (bicyclic) bond motifs is 2. The van der Waals surface area contributed by atoms with Gasteiger partial charge < -0.3 is 5.32 Å². The molecule has 6 heteroatoms. The molecule has 0 aromatic heterocycles. The van der Waals surface area contributed by atoms with Crippen molar-refractivity contribution in [3.63, 3.8) is 0 Å². The molecule has 3 fully saturated rings. The molecule has 0 aromatic rings. The van der Waals surface area contributed by atoms with Gasteiger partial charge in [-0.2, -0.15) is 8.42 Å². The Hall–Kier alpha value is -0.620. The number of hydrogen-bond donors (Lipinski definition) is 2. The number of hydrogen-bond acceptors (Lipinski definition) is 3. The van der Waals surface area contributed by atoms with Gasteiger partial charge in [0.05, 0.1) is 0 Å². The second-order valence-corrected chi connectivity index (χ2v) is 7.29. The summed E-state index contributed by atoms with van der Waals surface area (Å²) in [5.74, 6) is 1.31. The van der Waals surface area contributed by atoms with Crippen LogP contribution in [0.25, 0.3) is 0 Å². The highest BCUT2D eigenvalue weighted by atomic mass is 32.2.